The van der Waals surface area contributed by atoms with Gasteiger partial charge in [-0.25, -0.2) is 0 Å². The molecule has 0 spiro atoms. The van der Waals surface area contributed by atoms with Gasteiger partial charge < -0.3 is 10.1 Å². The molecule has 2 unspecified atom stereocenters. The minimum absolute atomic E-state index is 0. The summed E-state index contributed by atoms with van der Waals surface area (Å²) in [4.78, 5) is 14.4. The summed E-state index contributed by atoms with van der Waals surface area (Å²) in [5.74, 6) is 0.658. The maximum absolute atomic E-state index is 10.8. The van der Waals surface area contributed by atoms with Crippen molar-refractivity contribution in [2.24, 2.45) is 5.41 Å². The minimum Gasteiger partial charge on any atom is -0.379 e. The molecule has 1 aliphatic rings. The summed E-state index contributed by atoms with van der Waals surface area (Å²) in [6.07, 6.45) is 9.45. The van der Waals surface area contributed by atoms with Crippen LogP contribution in [0.4, 0.5) is 0 Å². The number of nitrogens with zero attached hydrogens (tertiary/aromatic N) is 3. The molecule has 1 radical (unpaired) electrons. The summed E-state index contributed by atoms with van der Waals surface area (Å²) < 4.78 is 0. The minimum atomic E-state index is -1.09. The van der Waals surface area contributed by atoms with E-state index in [1.54, 1.807) is 13.1 Å². The Hall–Kier alpha value is -5.84. The number of aliphatic hydroxyl groups is 1. The summed E-state index contributed by atoms with van der Waals surface area (Å²) in [5, 5.41) is 10.8. The Morgan fingerprint density at radius 3 is 1.86 bits per heavy atom. The van der Waals surface area contributed by atoms with Crippen LogP contribution in [-0.4, -0.2) is 20.1 Å². The summed E-state index contributed by atoms with van der Waals surface area (Å²) in [5.41, 5.74) is 14.5. The summed E-state index contributed by atoms with van der Waals surface area (Å²) in [7, 11) is 0. The van der Waals surface area contributed by atoms with Crippen LogP contribution in [-0.2, 0) is 37.5 Å². The molecule has 1 fully saturated rings. The predicted octanol–water partition coefficient (Wildman–Crippen LogP) is 14.3. The third-order valence-electron chi connectivity index (χ3n) is 13.5. The molecule has 5 heteroatoms. The van der Waals surface area contributed by atoms with Gasteiger partial charge in [0.15, 0.2) is 0 Å². The van der Waals surface area contributed by atoms with E-state index in [0.29, 0.717) is 23.4 Å². The van der Waals surface area contributed by atoms with E-state index in [-0.39, 0.29) is 20.1 Å². The molecule has 0 amide bonds. The van der Waals surface area contributed by atoms with Crippen LogP contribution in [0.2, 0.25) is 0 Å². The van der Waals surface area contributed by atoms with E-state index in [2.05, 4.69) is 125 Å². The van der Waals surface area contributed by atoms with Gasteiger partial charge >= 0.3 is 0 Å². The molecule has 1 saturated carbocycles. The zero-order valence-corrected chi connectivity index (χ0v) is 40.9. The van der Waals surface area contributed by atoms with Gasteiger partial charge in [0.05, 0.1) is 5.69 Å². The van der Waals surface area contributed by atoms with Crippen LogP contribution in [0.15, 0.2) is 176 Å². The fraction of sp³-hybridized carbons (Fsp3) is 0.250. The maximum atomic E-state index is 10.8. The molecular weight excluding hydrogens is 971 g/mol. The van der Waals surface area contributed by atoms with Crippen molar-refractivity contribution in [3.63, 3.8) is 0 Å². The van der Waals surface area contributed by atoms with Gasteiger partial charge in [-0.2, -0.15) is 30.3 Å². The molecule has 65 heavy (non-hydrogen) atoms. The Balaban J connectivity index is 0.000000240. The van der Waals surface area contributed by atoms with Crippen molar-refractivity contribution in [3.8, 4) is 33.5 Å². The second-order valence-electron chi connectivity index (χ2n) is 18.6. The smallest absolute Gasteiger partial charge is 0.129 e. The number of hydrogen-bond acceptors (Lipinski definition) is 4. The first kappa shape index (κ1) is 47.1. The van der Waals surface area contributed by atoms with E-state index < -0.39 is 11.0 Å². The zero-order valence-electron chi connectivity index (χ0n) is 38.5. The van der Waals surface area contributed by atoms with E-state index in [0.717, 1.165) is 39.3 Å². The Bertz CT molecular complexity index is 2710. The largest absolute Gasteiger partial charge is 0.379 e. The molecule has 0 bridgehead atoms. The van der Waals surface area contributed by atoms with E-state index in [4.69, 9.17) is 9.97 Å². The van der Waals surface area contributed by atoms with E-state index in [1.165, 1.54) is 59.1 Å². The predicted molar refractivity (Wildman–Crippen MR) is 263 cm³/mol. The van der Waals surface area contributed by atoms with Crippen molar-refractivity contribution in [2.75, 3.05) is 0 Å². The molecule has 1 N–H and O–H groups in total. The average molecular weight is 1030 g/mol. The first-order valence-corrected chi connectivity index (χ1v) is 22.7. The van der Waals surface area contributed by atoms with Gasteiger partial charge in [-0.05, 0) is 132 Å². The van der Waals surface area contributed by atoms with E-state index >= 15 is 0 Å². The third-order valence-corrected chi connectivity index (χ3v) is 13.5. The van der Waals surface area contributed by atoms with Crippen LogP contribution in [0, 0.1) is 31.4 Å². The van der Waals surface area contributed by atoms with Gasteiger partial charge in [0.2, 0.25) is 0 Å². The molecule has 8 aromatic rings. The SMILES string of the molecule is CC(O)(c1ccc(-c2ccccc2)cc1)c1ccccn1.Cc1cc(C2CCC(C)(C)CC2)ccc1-c1cc(-c2[c-]cccc2)nc(CC(C)(c2[c-]cccc2)c2ccccn2)c1C.[Ir]. The van der Waals surface area contributed by atoms with Gasteiger partial charge in [0.1, 0.15) is 5.60 Å². The molecule has 5 aromatic carbocycles. The summed E-state index contributed by atoms with van der Waals surface area (Å²) in [6.45, 7) is 13.4. The van der Waals surface area contributed by atoms with Crippen molar-refractivity contribution in [1.29, 1.82) is 0 Å². The second-order valence-corrected chi connectivity index (χ2v) is 18.6. The standard InChI is InChI=1S/C41H42N2.C19H17NO.Ir/c1-29-26-33(31-21-23-40(3,4)24-22-31)19-20-35(29)36-27-37(32-14-8-6-9-15-32)43-38(30(36)2)28-41(5,34-16-10-7-11-17-34)39-18-12-13-25-42-39;1-19(21,18-9-5-6-14-20-18)17-12-10-16(11-13-17)15-7-3-2-4-8-15;/h6-14,16,18-20,25-27,31H,21-24,28H2,1-5H3;2-14,21H,1H3;/q-2;;. The summed E-state index contributed by atoms with van der Waals surface area (Å²) in [6, 6.07) is 62.7. The van der Waals surface area contributed by atoms with Gasteiger partial charge in [0, 0.05) is 55.7 Å². The number of aromatic nitrogens is 3. The quantitative estimate of drug-likeness (QED) is 0.139. The Morgan fingerprint density at radius 1 is 0.646 bits per heavy atom. The molecule has 0 saturated heterocycles. The van der Waals surface area contributed by atoms with Crippen LogP contribution in [0.3, 0.4) is 0 Å². The fourth-order valence-electron chi connectivity index (χ4n) is 9.28. The molecular formula is C60H59IrN3O-2. The van der Waals surface area contributed by atoms with Gasteiger partial charge in [-0.15, -0.1) is 41.5 Å². The first-order valence-electron chi connectivity index (χ1n) is 22.7. The van der Waals surface area contributed by atoms with E-state index in [9.17, 15) is 5.11 Å². The fourth-order valence-corrected chi connectivity index (χ4v) is 9.28. The van der Waals surface area contributed by atoms with Crippen molar-refractivity contribution in [1.82, 2.24) is 15.0 Å². The Labute approximate surface area is 400 Å². The van der Waals surface area contributed by atoms with Gasteiger partial charge in [-0.3, -0.25) is 9.97 Å². The molecule has 331 valence electrons. The number of rotatable bonds is 10. The number of pyridine rings is 3. The van der Waals surface area contributed by atoms with E-state index in [1.807, 2.05) is 97.2 Å². The number of hydrogen-bond donors (Lipinski definition) is 1. The van der Waals surface area contributed by atoms with Crippen molar-refractivity contribution >= 4 is 0 Å². The maximum Gasteiger partial charge on any atom is 0.129 e. The normalized spacial score (nSPS) is 15.3. The van der Waals surface area contributed by atoms with Crippen LogP contribution < -0.4 is 0 Å². The third kappa shape index (κ3) is 10.8. The zero-order chi connectivity index (χ0) is 44.7. The van der Waals surface area contributed by atoms with Crippen LogP contribution in [0.5, 0.6) is 0 Å². The van der Waals surface area contributed by atoms with Crippen LogP contribution >= 0.6 is 0 Å². The van der Waals surface area contributed by atoms with Crippen molar-refractivity contribution in [3.05, 3.63) is 233 Å². The second kappa shape index (κ2) is 20.5. The van der Waals surface area contributed by atoms with Crippen LogP contribution in [0.1, 0.15) is 104 Å². The molecule has 2 atom stereocenters. The number of aryl methyl sites for hydroxylation is 1. The molecule has 1 aliphatic carbocycles. The van der Waals surface area contributed by atoms with Crippen LogP contribution in [0.25, 0.3) is 33.5 Å². The van der Waals surface area contributed by atoms with Crippen molar-refractivity contribution < 1.29 is 25.2 Å². The first-order chi connectivity index (χ1) is 30.9. The monoisotopic (exact) mass is 1030 g/mol. The van der Waals surface area contributed by atoms with Crippen molar-refractivity contribution in [2.45, 2.75) is 90.6 Å². The van der Waals surface area contributed by atoms with Gasteiger partial charge in [-0.1, -0.05) is 112 Å². The topological polar surface area (TPSA) is 58.9 Å². The number of benzene rings is 5. The molecule has 3 aromatic heterocycles. The van der Waals surface area contributed by atoms with Gasteiger partial charge in [0.25, 0.3) is 0 Å². The Kier molecular flexibility index (Phi) is 14.9. The molecule has 3 heterocycles. The summed E-state index contributed by atoms with van der Waals surface area (Å²) >= 11 is 0. The molecule has 0 aliphatic heterocycles. The average Bonchev–Trinajstić information content (AvgIpc) is 3.34. The molecule has 9 rings (SSSR count). The Morgan fingerprint density at radius 2 is 1.26 bits per heavy atom. The molecule has 4 nitrogen and oxygen atoms in total.